The summed E-state index contributed by atoms with van der Waals surface area (Å²) >= 11 is 1.36. The quantitative estimate of drug-likeness (QED) is 0.617. The van der Waals surface area contributed by atoms with Gasteiger partial charge < -0.3 is 15.0 Å². The van der Waals surface area contributed by atoms with Gasteiger partial charge in [-0.05, 0) is 34.7 Å². The Kier molecular flexibility index (Phi) is 7.03. The minimum Gasteiger partial charge on any atom is -0.497 e. The lowest BCUT2D eigenvalue weighted by molar-refractivity contribution is -0.132. The number of nitrogens with one attached hydrogen (secondary N) is 1. The molecule has 2 aromatic carbocycles. The molecule has 3 aromatic rings. The molecule has 0 saturated heterocycles. The van der Waals surface area contributed by atoms with Crippen LogP contribution in [-0.2, 0) is 17.8 Å². The zero-order chi connectivity index (χ0) is 20.6. The Morgan fingerprint density at radius 2 is 1.72 bits per heavy atom. The van der Waals surface area contributed by atoms with E-state index in [0.29, 0.717) is 17.8 Å². The van der Waals surface area contributed by atoms with Crippen molar-refractivity contribution in [2.75, 3.05) is 14.2 Å². The summed E-state index contributed by atoms with van der Waals surface area (Å²) < 4.78 is 5.18. The third kappa shape index (κ3) is 5.68. The number of ether oxygens (including phenoxy) is 1. The van der Waals surface area contributed by atoms with Gasteiger partial charge in [-0.1, -0.05) is 48.5 Å². The lowest BCUT2D eigenvalue weighted by atomic mass is 10.0. The molecule has 1 aromatic heterocycles. The van der Waals surface area contributed by atoms with E-state index < -0.39 is 6.04 Å². The standard InChI is InChI=1S/C23H24N2O3S/c1-25(16-18-10-12-19(28-2)13-11-18)23(27)20(15-17-7-4-3-5-8-17)24-22(26)21-9-6-14-29-21/h3-14,20H,15-16H2,1-2H3,(H,24,26). The van der Waals surface area contributed by atoms with Crippen LogP contribution in [0.5, 0.6) is 5.75 Å². The van der Waals surface area contributed by atoms with E-state index in [1.165, 1.54) is 11.3 Å². The summed E-state index contributed by atoms with van der Waals surface area (Å²) in [6.07, 6.45) is 0.434. The van der Waals surface area contributed by atoms with E-state index in [1.807, 2.05) is 66.0 Å². The van der Waals surface area contributed by atoms with Crippen molar-refractivity contribution in [2.24, 2.45) is 0 Å². The maximum atomic E-state index is 13.2. The molecular weight excluding hydrogens is 384 g/mol. The van der Waals surface area contributed by atoms with Gasteiger partial charge in [0.1, 0.15) is 11.8 Å². The highest BCUT2D eigenvalue weighted by Gasteiger charge is 2.25. The average Bonchev–Trinajstić information content (AvgIpc) is 3.29. The van der Waals surface area contributed by atoms with E-state index in [0.717, 1.165) is 16.9 Å². The van der Waals surface area contributed by atoms with Crippen molar-refractivity contribution in [1.82, 2.24) is 10.2 Å². The molecule has 2 amide bonds. The second-order valence-corrected chi connectivity index (χ2v) is 7.68. The van der Waals surface area contributed by atoms with Crippen molar-refractivity contribution in [3.8, 4) is 5.75 Å². The summed E-state index contributed by atoms with van der Waals surface area (Å²) in [7, 11) is 3.37. The number of hydrogen-bond acceptors (Lipinski definition) is 4. The monoisotopic (exact) mass is 408 g/mol. The van der Waals surface area contributed by atoms with Crippen LogP contribution in [0, 0.1) is 0 Å². The molecule has 1 heterocycles. The van der Waals surface area contributed by atoms with Gasteiger partial charge in [0.15, 0.2) is 0 Å². The Morgan fingerprint density at radius 3 is 2.34 bits per heavy atom. The number of likely N-dealkylation sites (N-methyl/N-ethyl adjacent to an activating group) is 1. The topological polar surface area (TPSA) is 58.6 Å². The Morgan fingerprint density at radius 1 is 1.00 bits per heavy atom. The number of benzene rings is 2. The first kappa shape index (κ1) is 20.6. The number of hydrogen-bond donors (Lipinski definition) is 1. The summed E-state index contributed by atoms with van der Waals surface area (Å²) in [5.74, 6) is 0.412. The van der Waals surface area contributed by atoms with Gasteiger partial charge in [-0.3, -0.25) is 9.59 Å². The fraction of sp³-hybridized carbons (Fsp3) is 0.217. The van der Waals surface area contributed by atoms with Gasteiger partial charge in [-0.25, -0.2) is 0 Å². The predicted octanol–water partition coefficient (Wildman–Crippen LogP) is 3.76. The number of rotatable bonds is 8. The molecular formula is C23H24N2O3S. The molecule has 0 fully saturated rings. The summed E-state index contributed by atoms with van der Waals surface area (Å²) in [6.45, 7) is 0.447. The fourth-order valence-electron chi connectivity index (χ4n) is 3.04. The Hall–Kier alpha value is -3.12. The van der Waals surface area contributed by atoms with Gasteiger partial charge in [0.25, 0.3) is 5.91 Å². The molecule has 0 spiro atoms. The lowest BCUT2D eigenvalue weighted by Gasteiger charge is -2.25. The van der Waals surface area contributed by atoms with Crippen molar-refractivity contribution >= 4 is 23.2 Å². The highest BCUT2D eigenvalue weighted by atomic mass is 32.1. The molecule has 150 valence electrons. The van der Waals surface area contributed by atoms with Crippen LogP contribution in [0.2, 0.25) is 0 Å². The minimum absolute atomic E-state index is 0.130. The second-order valence-electron chi connectivity index (χ2n) is 6.74. The number of thiophene rings is 1. The zero-order valence-electron chi connectivity index (χ0n) is 16.5. The Balaban J connectivity index is 1.73. The molecule has 0 radical (unpaired) electrons. The van der Waals surface area contributed by atoms with E-state index in [9.17, 15) is 9.59 Å². The molecule has 3 rings (SSSR count). The van der Waals surface area contributed by atoms with Crippen LogP contribution < -0.4 is 10.1 Å². The highest BCUT2D eigenvalue weighted by Crippen LogP contribution is 2.15. The average molecular weight is 409 g/mol. The van der Waals surface area contributed by atoms with E-state index in [4.69, 9.17) is 4.74 Å². The summed E-state index contributed by atoms with van der Waals surface area (Å²) in [5.41, 5.74) is 1.99. The molecule has 1 atom stereocenters. The van der Waals surface area contributed by atoms with Gasteiger partial charge in [0, 0.05) is 20.0 Å². The molecule has 0 saturated carbocycles. The van der Waals surface area contributed by atoms with E-state index in [1.54, 1.807) is 25.1 Å². The van der Waals surface area contributed by atoms with Crippen LogP contribution >= 0.6 is 11.3 Å². The van der Waals surface area contributed by atoms with E-state index in [2.05, 4.69) is 5.32 Å². The first-order chi connectivity index (χ1) is 14.1. The molecule has 0 aliphatic rings. The van der Waals surface area contributed by atoms with E-state index >= 15 is 0 Å². The van der Waals surface area contributed by atoms with Crippen molar-refractivity contribution < 1.29 is 14.3 Å². The molecule has 29 heavy (non-hydrogen) atoms. The molecule has 0 aliphatic heterocycles. The van der Waals surface area contributed by atoms with Gasteiger partial charge in [0.05, 0.1) is 12.0 Å². The van der Waals surface area contributed by atoms with Crippen molar-refractivity contribution in [2.45, 2.75) is 19.0 Å². The largest absolute Gasteiger partial charge is 0.497 e. The molecule has 0 aliphatic carbocycles. The predicted molar refractivity (Wildman–Crippen MR) is 115 cm³/mol. The fourth-order valence-corrected chi connectivity index (χ4v) is 3.66. The molecule has 1 unspecified atom stereocenters. The van der Waals surface area contributed by atoms with Crippen molar-refractivity contribution in [3.05, 3.63) is 88.1 Å². The van der Waals surface area contributed by atoms with Gasteiger partial charge in [-0.15, -0.1) is 11.3 Å². The van der Waals surface area contributed by atoms with Gasteiger partial charge in [0.2, 0.25) is 5.91 Å². The third-order valence-corrected chi connectivity index (χ3v) is 5.45. The summed E-state index contributed by atoms with van der Waals surface area (Å²) in [6, 6.07) is 20.2. The lowest BCUT2D eigenvalue weighted by Crippen LogP contribution is -2.48. The summed E-state index contributed by atoms with van der Waals surface area (Å²) in [4.78, 5) is 28.0. The van der Waals surface area contributed by atoms with Crippen LogP contribution in [0.3, 0.4) is 0 Å². The third-order valence-electron chi connectivity index (χ3n) is 4.59. The maximum Gasteiger partial charge on any atom is 0.262 e. The second kappa shape index (κ2) is 9.89. The molecule has 5 nitrogen and oxygen atoms in total. The number of amides is 2. The van der Waals surface area contributed by atoms with Crippen LogP contribution in [-0.4, -0.2) is 36.9 Å². The normalized spacial score (nSPS) is 11.5. The Bertz CT molecular complexity index is 925. The van der Waals surface area contributed by atoms with Crippen LogP contribution in [0.25, 0.3) is 0 Å². The number of carbonyl (C=O) groups excluding carboxylic acids is 2. The highest BCUT2D eigenvalue weighted by molar-refractivity contribution is 7.12. The maximum absolute atomic E-state index is 13.2. The van der Waals surface area contributed by atoms with Crippen LogP contribution in [0.4, 0.5) is 0 Å². The zero-order valence-corrected chi connectivity index (χ0v) is 17.3. The molecule has 6 heteroatoms. The first-order valence-electron chi connectivity index (χ1n) is 9.33. The SMILES string of the molecule is COc1ccc(CN(C)C(=O)C(Cc2ccccc2)NC(=O)c2cccs2)cc1. The van der Waals surface area contributed by atoms with Crippen LogP contribution in [0.1, 0.15) is 20.8 Å². The first-order valence-corrected chi connectivity index (χ1v) is 10.2. The molecule has 1 N–H and O–H groups in total. The molecule has 0 bridgehead atoms. The Labute approximate surface area is 174 Å². The smallest absolute Gasteiger partial charge is 0.262 e. The van der Waals surface area contributed by atoms with E-state index in [-0.39, 0.29) is 11.8 Å². The number of carbonyl (C=O) groups is 2. The van der Waals surface area contributed by atoms with Crippen LogP contribution in [0.15, 0.2) is 72.1 Å². The number of nitrogens with zero attached hydrogens (tertiary/aromatic N) is 1. The summed E-state index contributed by atoms with van der Waals surface area (Å²) in [5, 5.41) is 4.76. The minimum atomic E-state index is -0.643. The van der Waals surface area contributed by atoms with Gasteiger partial charge in [-0.2, -0.15) is 0 Å². The number of methoxy groups -OCH3 is 1. The van der Waals surface area contributed by atoms with Crippen molar-refractivity contribution in [3.63, 3.8) is 0 Å². The van der Waals surface area contributed by atoms with Gasteiger partial charge >= 0.3 is 0 Å². The van der Waals surface area contributed by atoms with Crippen molar-refractivity contribution in [1.29, 1.82) is 0 Å².